The van der Waals surface area contributed by atoms with Gasteiger partial charge in [0.25, 0.3) is 10.0 Å². The quantitative estimate of drug-likeness (QED) is 0.555. The molecule has 3 aromatic rings. The van der Waals surface area contributed by atoms with Crippen molar-refractivity contribution in [1.82, 2.24) is 4.31 Å². The minimum atomic E-state index is -4.01. The number of Topliss-reactive ketones (excluding diaryl/α,β-unsaturated/α-hetero) is 1. The van der Waals surface area contributed by atoms with Gasteiger partial charge in [-0.25, -0.2) is 8.42 Å². The van der Waals surface area contributed by atoms with Gasteiger partial charge in [0.2, 0.25) is 5.91 Å². The van der Waals surface area contributed by atoms with Crippen molar-refractivity contribution in [3.8, 4) is 0 Å². The van der Waals surface area contributed by atoms with E-state index in [4.69, 9.17) is 0 Å². The number of sulfonamides is 1. The van der Waals surface area contributed by atoms with Crippen molar-refractivity contribution < 1.29 is 18.0 Å². The van der Waals surface area contributed by atoms with E-state index in [0.717, 1.165) is 11.3 Å². The van der Waals surface area contributed by atoms with E-state index < -0.39 is 21.4 Å². The molecule has 7 heteroatoms. The van der Waals surface area contributed by atoms with Crippen molar-refractivity contribution in [2.45, 2.75) is 24.2 Å². The molecule has 3 aromatic carbocycles. The second-order valence-electron chi connectivity index (χ2n) is 9.16. The van der Waals surface area contributed by atoms with Crippen molar-refractivity contribution in [2.24, 2.45) is 5.92 Å². The summed E-state index contributed by atoms with van der Waals surface area (Å²) in [6.07, 6.45) is 1.70. The number of carbonyl (C=O) groups excluding carboxylic acids is 2. The van der Waals surface area contributed by atoms with Gasteiger partial charge in [0.15, 0.2) is 0 Å². The van der Waals surface area contributed by atoms with Gasteiger partial charge in [-0.2, -0.15) is 0 Å². The fourth-order valence-electron chi connectivity index (χ4n) is 5.24. The molecule has 0 unspecified atom stereocenters. The van der Waals surface area contributed by atoms with Crippen LogP contribution in [-0.4, -0.2) is 38.0 Å². The lowest BCUT2D eigenvalue weighted by molar-refractivity contribution is -0.130. The number of rotatable bonds is 4. The van der Waals surface area contributed by atoms with E-state index in [1.165, 1.54) is 11.2 Å². The van der Waals surface area contributed by atoms with Gasteiger partial charge in [-0.15, -0.1) is 0 Å². The normalized spacial score (nSPS) is 21.7. The molecule has 0 fully saturated rings. The number of fused-ring (bicyclic) bond motifs is 2. The average Bonchev–Trinajstić information content (AvgIpc) is 3.07. The molecule has 178 valence electrons. The van der Waals surface area contributed by atoms with Crippen LogP contribution in [0.25, 0.3) is 5.70 Å². The number of carbonyl (C=O) groups is 2. The van der Waals surface area contributed by atoms with Crippen molar-refractivity contribution >= 4 is 33.1 Å². The number of aryl methyl sites for hydroxylation is 1. The molecule has 6 nitrogen and oxygen atoms in total. The van der Waals surface area contributed by atoms with E-state index in [-0.39, 0.29) is 23.1 Å². The SMILES string of the molecule is CC(=O)[C@@H]1CN(S(=O)(=O)c2ccc(C)cc2)C(c2ccccc2)=C[C@]12C(=O)N(C)c1ccccc12. The minimum Gasteiger partial charge on any atom is -0.314 e. The summed E-state index contributed by atoms with van der Waals surface area (Å²) in [7, 11) is -2.32. The lowest BCUT2D eigenvalue weighted by atomic mass is 9.67. The Hall–Kier alpha value is -3.71. The summed E-state index contributed by atoms with van der Waals surface area (Å²) in [4.78, 5) is 28.7. The molecule has 2 aliphatic heterocycles. The Morgan fingerprint density at radius 2 is 1.57 bits per heavy atom. The van der Waals surface area contributed by atoms with E-state index in [0.29, 0.717) is 16.8 Å². The maximum absolute atomic E-state index is 13.9. The zero-order chi connectivity index (χ0) is 25.0. The highest BCUT2D eigenvalue weighted by Gasteiger charge is 2.58. The summed E-state index contributed by atoms with van der Waals surface area (Å²) in [5.74, 6) is -1.36. The maximum atomic E-state index is 13.9. The Bertz CT molecular complexity index is 1460. The van der Waals surface area contributed by atoms with E-state index in [9.17, 15) is 18.0 Å². The number of amides is 1. The standard InChI is InChI=1S/C28H26N2O4S/c1-19-13-15-22(16-14-19)35(33,34)30-18-24(20(2)31)28(17-26(30)21-9-5-4-6-10-21)23-11-7-8-12-25(23)29(3)27(28)32/h4-17,24H,18H2,1-3H3/t24-,28+/m0/s1. The number of ketones is 1. The Labute approximate surface area is 205 Å². The summed E-state index contributed by atoms with van der Waals surface area (Å²) in [6.45, 7) is 3.18. The number of likely N-dealkylation sites (N-methyl/N-ethyl adjacent to an activating group) is 1. The van der Waals surface area contributed by atoms with Crippen LogP contribution < -0.4 is 4.90 Å². The number of anilines is 1. The molecular weight excluding hydrogens is 460 g/mol. The fourth-order valence-corrected chi connectivity index (χ4v) is 6.74. The third-order valence-corrected chi connectivity index (χ3v) is 8.86. The van der Waals surface area contributed by atoms with Gasteiger partial charge in [0.1, 0.15) is 11.2 Å². The molecule has 2 heterocycles. The lowest BCUT2D eigenvalue weighted by Crippen LogP contribution is -2.54. The molecule has 1 amide bonds. The largest absolute Gasteiger partial charge is 0.314 e. The van der Waals surface area contributed by atoms with Gasteiger partial charge in [0.05, 0.1) is 16.5 Å². The molecule has 0 bridgehead atoms. The molecule has 5 rings (SSSR count). The number of hydrogen-bond acceptors (Lipinski definition) is 4. The van der Waals surface area contributed by atoms with Crippen LogP contribution >= 0.6 is 0 Å². The second kappa shape index (κ2) is 8.20. The summed E-state index contributed by atoms with van der Waals surface area (Å²) < 4.78 is 29.1. The average molecular weight is 487 g/mol. The Morgan fingerprint density at radius 3 is 2.23 bits per heavy atom. The molecule has 35 heavy (non-hydrogen) atoms. The molecule has 0 radical (unpaired) electrons. The summed E-state index contributed by atoms with van der Waals surface area (Å²) in [5.41, 5.74) is 2.14. The molecule has 0 saturated carbocycles. The van der Waals surface area contributed by atoms with Gasteiger partial charge in [-0.3, -0.25) is 13.9 Å². The zero-order valence-electron chi connectivity index (χ0n) is 19.8. The first-order valence-electron chi connectivity index (χ1n) is 11.4. The molecule has 2 aliphatic rings. The van der Waals surface area contributed by atoms with Gasteiger partial charge in [0, 0.05) is 19.3 Å². The Balaban J connectivity index is 1.80. The molecule has 1 spiro atoms. The first-order chi connectivity index (χ1) is 16.7. The number of nitrogens with zero attached hydrogens (tertiary/aromatic N) is 2. The van der Waals surface area contributed by atoms with Crippen LogP contribution in [0.5, 0.6) is 0 Å². The smallest absolute Gasteiger partial charge is 0.264 e. The van der Waals surface area contributed by atoms with E-state index in [1.54, 1.807) is 42.3 Å². The number of benzene rings is 3. The predicted octanol–water partition coefficient (Wildman–Crippen LogP) is 4.16. The monoisotopic (exact) mass is 486 g/mol. The lowest BCUT2D eigenvalue weighted by Gasteiger charge is -2.42. The summed E-state index contributed by atoms with van der Waals surface area (Å²) in [6, 6.07) is 23.2. The van der Waals surface area contributed by atoms with Crippen molar-refractivity contribution in [3.05, 3.63) is 102 Å². The number of hydrogen-bond donors (Lipinski definition) is 0. The van der Waals surface area contributed by atoms with Crippen LogP contribution in [0.1, 0.15) is 23.6 Å². The summed E-state index contributed by atoms with van der Waals surface area (Å²) >= 11 is 0. The van der Waals surface area contributed by atoms with Crippen molar-refractivity contribution in [1.29, 1.82) is 0 Å². The van der Waals surface area contributed by atoms with Gasteiger partial charge in [-0.05, 0) is 49.2 Å². The Morgan fingerprint density at radius 1 is 0.943 bits per heavy atom. The molecule has 0 aromatic heterocycles. The highest BCUT2D eigenvalue weighted by atomic mass is 32.2. The molecule has 0 N–H and O–H groups in total. The highest BCUT2D eigenvalue weighted by molar-refractivity contribution is 7.89. The van der Waals surface area contributed by atoms with Crippen molar-refractivity contribution in [2.75, 3.05) is 18.5 Å². The van der Waals surface area contributed by atoms with Crippen molar-refractivity contribution in [3.63, 3.8) is 0 Å². The van der Waals surface area contributed by atoms with E-state index >= 15 is 0 Å². The van der Waals surface area contributed by atoms with E-state index in [1.807, 2.05) is 61.5 Å². The third kappa shape index (κ3) is 3.41. The first kappa shape index (κ1) is 23.1. The zero-order valence-corrected chi connectivity index (χ0v) is 20.6. The summed E-state index contributed by atoms with van der Waals surface area (Å²) in [5, 5.41) is 0. The maximum Gasteiger partial charge on any atom is 0.264 e. The topological polar surface area (TPSA) is 74.8 Å². The van der Waals surface area contributed by atoms with Gasteiger partial charge >= 0.3 is 0 Å². The predicted molar refractivity (Wildman–Crippen MR) is 135 cm³/mol. The molecule has 0 saturated heterocycles. The van der Waals surface area contributed by atoms with Crippen LogP contribution in [0.2, 0.25) is 0 Å². The molecule has 2 atom stereocenters. The first-order valence-corrected chi connectivity index (χ1v) is 12.9. The minimum absolute atomic E-state index is 0.137. The molecule has 0 aliphatic carbocycles. The van der Waals surface area contributed by atoms with Crippen LogP contribution in [0.3, 0.4) is 0 Å². The second-order valence-corrected chi connectivity index (χ2v) is 11.0. The number of para-hydroxylation sites is 1. The van der Waals surface area contributed by atoms with Crippen LogP contribution in [0.15, 0.2) is 89.8 Å². The highest BCUT2D eigenvalue weighted by Crippen LogP contribution is 2.52. The third-order valence-electron chi connectivity index (χ3n) is 7.07. The van der Waals surface area contributed by atoms with Crippen LogP contribution in [-0.2, 0) is 25.0 Å². The fraction of sp³-hybridized carbons (Fsp3) is 0.214. The van der Waals surface area contributed by atoms with E-state index in [2.05, 4.69) is 0 Å². The molecular formula is C28H26N2O4S. The Kier molecular flexibility index (Phi) is 5.40. The van der Waals surface area contributed by atoms with Gasteiger partial charge in [-0.1, -0.05) is 66.2 Å². The van der Waals surface area contributed by atoms with Gasteiger partial charge < -0.3 is 4.90 Å². The van der Waals surface area contributed by atoms with Crippen LogP contribution in [0, 0.1) is 12.8 Å². The van der Waals surface area contributed by atoms with Crippen LogP contribution in [0.4, 0.5) is 5.69 Å².